The summed E-state index contributed by atoms with van der Waals surface area (Å²) in [5.41, 5.74) is 1.86. The Balaban J connectivity index is 2.27. The quantitative estimate of drug-likeness (QED) is 0.689. The zero-order valence-electron chi connectivity index (χ0n) is 9.74. The van der Waals surface area contributed by atoms with E-state index in [1.807, 2.05) is 21.4 Å². The van der Waals surface area contributed by atoms with Crippen LogP contribution >= 0.6 is 0 Å². The van der Waals surface area contributed by atoms with E-state index in [-0.39, 0.29) is 11.8 Å². The van der Waals surface area contributed by atoms with Crippen LogP contribution in [0.25, 0.3) is 0 Å². The summed E-state index contributed by atoms with van der Waals surface area (Å²) in [5.74, 6) is 0.377. The van der Waals surface area contributed by atoms with E-state index in [9.17, 15) is 9.59 Å². The van der Waals surface area contributed by atoms with Gasteiger partial charge in [0.15, 0.2) is 0 Å². The van der Waals surface area contributed by atoms with E-state index in [1.54, 1.807) is 0 Å². The van der Waals surface area contributed by atoms with Crippen molar-refractivity contribution < 1.29 is 9.59 Å². The zero-order chi connectivity index (χ0) is 11.8. The first-order valence-electron chi connectivity index (χ1n) is 5.84. The van der Waals surface area contributed by atoms with Crippen LogP contribution in [0.15, 0.2) is 12.3 Å². The zero-order valence-corrected chi connectivity index (χ0v) is 10.7. The summed E-state index contributed by atoms with van der Waals surface area (Å²) >= 11 is 0. The van der Waals surface area contributed by atoms with Crippen molar-refractivity contribution in [2.75, 3.05) is 13.1 Å². The fraction of sp³-hybridized carbons (Fsp3) is 0.636. The molecule has 0 saturated carbocycles. The standard InChI is InChI=1S/C11H18N2O2Si/c1-3-16(2,12-8-4-6-10(12)14)13-9-5-7-11(13)15/h3H,1,4-9H2,2H3. The molecule has 0 aromatic heterocycles. The van der Waals surface area contributed by atoms with Gasteiger partial charge in [-0.3, -0.25) is 9.59 Å². The largest absolute Gasteiger partial charge is 0.348 e. The van der Waals surface area contributed by atoms with Crippen LogP contribution in [0.4, 0.5) is 0 Å². The molecule has 0 bridgehead atoms. The van der Waals surface area contributed by atoms with Crippen molar-refractivity contribution >= 4 is 20.2 Å². The van der Waals surface area contributed by atoms with E-state index >= 15 is 0 Å². The van der Waals surface area contributed by atoms with Crippen LogP contribution < -0.4 is 0 Å². The van der Waals surface area contributed by atoms with E-state index in [1.165, 1.54) is 0 Å². The molecule has 0 radical (unpaired) electrons. The Hall–Kier alpha value is -1.10. The molecule has 2 aliphatic heterocycles. The smallest absolute Gasteiger partial charge is 0.290 e. The molecular weight excluding hydrogens is 220 g/mol. The monoisotopic (exact) mass is 238 g/mol. The predicted octanol–water partition coefficient (Wildman–Crippen LogP) is 1.03. The molecule has 88 valence electrons. The van der Waals surface area contributed by atoms with Crippen molar-refractivity contribution in [3.63, 3.8) is 0 Å². The van der Waals surface area contributed by atoms with E-state index in [0.29, 0.717) is 12.8 Å². The van der Waals surface area contributed by atoms with Crippen LogP contribution in [-0.2, 0) is 9.59 Å². The highest BCUT2D eigenvalue weighted by atomic mass is 28.3. The van der Waals surface area contributed by atoms with Gasteiger partial charge in [-0.05, 0) is 19.4 Å². The number of amides is 2. The van der Waals surface area contributed by atoms with E-state index in [4.69, 9.17) is 0 Å². The van der Waals surface area contributed by atoms with Crippen molar-refractivity contribution in [1.29, 1.82) is 0 Å². The van der Waals surface area contributed by atoms with Crippen molar-refractivity contribution in [2.24, 2.45) is 0 Å². The third kappa shape index (κ3) is 1.59. The maximum absolute atomic E-state index is 11.8. The first kappa shape index (κ1) is 11.4. The fourth-order valence-electron chi connectivity index (χ4n) is 2.62. The van der Waals surface area contributed by atoms with Gasteiger partial charge >= 0.3 is 0 Å². The number of hydrogen-bond donors (Lipinski definition) is 0. The molecule has 16 heavy (non-hydrogen) atoms. The van der Waals surface area contributed by atoms with E-state index < -0.39 is 8.40 Å². The average Bonchev–Trinajstić information content (AvgIpc) is 2.86. The van der Waals surface area contributed by atoms with Gasteiger partial charge in [-0.25, -0.2) is 0 Å². The van der Waals surface area contributed by atoms with Gasteiger partial charge in [-0.2, -0.15) is 0 Å². The van der Waals surface area contributed by atoms with Crippen molar-refractivity contribution in [1.82, 2.24) is 9.13 Å². The predicted molar refractivity (Wildman–Crippen MR) is 63.7 cm³/mol. The number of hydrogen-bond acceptors (Lipinski definition) is 2. The van der Waals surface area contributed by atoms with Crippen LogP contribution in [-0.4, -0.2) is 42.4 Å². The number of carbonyl (C=O) groups is 2. The minimum atomic E-state index is -2.25. The molecule has 2 rings (SSSR count). The first-order chi connectivity index (χ1) is 7.59. The van der Waals surface area contributed by atoms with Crippen molar-refractivity contribution in [3.8, 4) is 0 Å². The Morgan fingerprint density at radius 2 is 1.56 bits per heavy atom. The van der Waals surface area contributed by atoms with Gasteiger partial charge in [0.05, 0.1) is 0 Å². The maximum Gasteiger partial charge on any atom is 0.290 e. The molecule has 5 heteroatoms. The normalized spacial score (nSPS) is 22.1. The summed E-state index contributed by atoms with van der Waals surface area (Å²) in [5, 5.41) is 0. The molecular formula is C11H18N2O2Si. The van der Waals surface area contributed by atoms with Gasteiger partial charge in [0.25, 0.3) is 8.40 Å². The molecule has 2 fully saturated rings. The number of rotatable bonds is 3. The van der Waals surface area contributed by atoms with E-state index in [2.05, 4.69) is 6.58 Å². The molecule has 2 saturated heterocycles. The lowest BCUT2D eigenvalue weighted by atomic mass is 10.4. The van der Waals surface area contributed by atoms with Crippen molar-refractivity contribution in [3.05, 3.63) is 12.3 Å². The molecule has 0 aromatic rings. The molecule has 0 aliphatic carbocycles. The first-order valence-corrected chi connectivity index (χ1v) is 8.31. The number of nitrogens with zero attached hydrogens (tertiary/aromatic N) is 2. The molecule has 2 amide bonds. The highest BCUT2D eigenvalue weighted by molar-refractivity contribution is 6.82. The van der Waals surface area contributed by atoms with E-state index in [0.717, 1.165) is 25.9 Å². The SMILES string of the molecule is C=C[Si](C)(N1CCCC1=O)N1CCCC1=O. The van der Waals surface area contributed by atoms with Crippen LogP contribution in [0.5, 0.6) is 0 Å². The number of carbonyl (C=O) groups excluding carboxylic acids is 2. The molecule has 0 atom stereocenters. The van der Waals surface area contributed by atoms with Gasteiger partial charge in [0.1, 0.15) is 0 Å². The van der Waals surface area contributed by atoms with Gasteiger partial charge in [0, 0.05) is 25.9 Å². The summed E-state index contributed by atoms with van der Waals surface area (Å²) in [6.07, 6.45) is 3.07. The van der Waals surface area contributed by atoms with Gasteiger partial charge < -0.3 is 9.13 Å². The molecule has 0 spiro atoms. The minimum absolute atomic E-state index is 0.189. The summed E-state index contributed by atoms with van der Waals surface area (Å²) in [7, 11) is -2.25. The second-order valence-electron chi connectivity index (χ2n) is 4.60. The third-order valence-electron chi connectivity index (χ3n) is 3.63. The molecule has 4 nitrogen and oxygen atoms in total. The maximum atomic E-state index is 11.8. The van der Waals surface area contributed by atoms with Crippen LogP contribution in [0.3, 0.4) is 0 Å². The second kappa shape index (κ2) is 4.05. The average molecular weight is 238 g/mol. The minimum Gasteiger partial charge on any atom is -0.348 e. The Morgan fingerprint density at radius 1 is 1.12 bits per heavy atom. The van der Waals surface area contributed by atoms with Gasteiger partial charge in [-0.15, -0.1) is 6.58 Å². The molecule has 2 heterocycles. The lowest BCUT2D eigenvalue weighted by molar-refractivity contribution is -0.126. The molecule has 0 N–H and O–H groups in total. The second-order valence-corrected chi connectivity index (χ2v) is 8.27. The molecule has 2 aliphatic rings. The fourth-order valence-corrected chi connectivity index (χ4v) is 5.81. The Labute approximate surface area is 97.1 Å². The third-order valence-corrected chi connectivity index (χ3v) is 7.53. The lowest BCUT2D eigenvalue weighted by Crippen LogP contribution is -2.63. The summed E-state index contributed by atoms with van der Waals surface area (Å²) in [6, 6.07) is 0. The van der Waals surface area contributed by atoms with Crippen molar-refractivity contribution in [2.45, 2.75) is 32.2 Å². The van der Waals surface area contributed by atoms with Crippen LogP contribution in [0.1, 0.15) is 25.7 Å². The Kier molecular flexibility index (Phi) is 2.88. The highest BCUT2D eigenvalue weighted by Crippen LogP contribution is 2.27. The Morgan fingerprint density at radius 3 is 1.81 bits per heavy atom. The highest BCUT2D eigenvalue weighted by Gasteiger charge is 2.46. The van der Waals surface area contributed by atoms with Gasteiger partial charge in [0.2, 0.25) is 11.8 Å². The van der Waals surface area contributed by atoms with Gasteiger partial charge in [-0.1, -0.05) is 5.70 Å². The van der Waals surface area contributed by atoms with Crippen LogP contribution in [0.2, 0.25) is 6.55 Å². The topological polar surface area (TPSA) is 40.6 Å². The summed E-state index contributed by atoms with van der Waals surface area (Å²) < 4.78 is 3.84. The van der Waals surface area contributed by atoms with Crippen LogP contribution in [0, 0.1) is 0 Å². The Bertz CT molecular complexity index is 317. The lowest BCUT2D eigenvalue weighted by Gasteiger charge is -2.40. The summed E-state index contributed by atoms with van der Waals surface area (Å²) in [4.78, 5) is 23.6. The molecule has 0 unspecified atom stereocenters. The summed E-state index contributed by atoms with van der Waals surface area (Å²) in [6.45, 7) is 7.49. The molecule has 0 aromatic carbocycles.